The number of benzene rings is 14. The normalized spacial score (nSPS) is 13.1. The van der Waals surface area contributed by atoms with Crippen molar-refractivity contribution in [2.75, 3.05) is 4.90 Å². The number of hydrogen-bond donors (Lipinski definition) is 0. The molecule has 4 heteroatoms. The lowest BCUT2D eigenvalue weighted by atomic mass is 9.83. The Bertz CT molecular complexity index is 6340. The molecule has 0 aliphatic carbocycles. The minimum absolute atomic E-state index is 0.0442. The van der Waals surface area contributed by atoms with E-state index in [9.17, 15) is 0 Å². The molecular formula is C116H98N4+2. The SMILES string of the molecule is CC(C)(C)c1ccc(-c2cc(-c3ccc(C(C)(C)C)cc3)cc(-c3cccc(-c4cc[n+]5c(c4)-c4cccc6c4C54c5c(cccc5N6c5ccc(-c6cccc(-c7cc(-c8ccccc8)cc(-c8ccccc8)c7)c6)nc5)-c5cc(-c6cccc(-c7cc(-c8ccc(C(C)(C)C)cc8)cc(-c8ccc(C(C)(C)C)cc8)c7)c6)cc[n+]54)c3)c2)cc1. The zero-order valence-corrected chi connectivity index (χ0v) is 70.6. The van der Waals surface area contributed by atoms with Crippen molar-refractivity contribution in [1.82, 2.24) is 4.98 Å². The summed E-state index contributed by atoms with van der Waals surface area (Å²) in [6, 6.07) is 135. The average molecular weight is 1550 g/mol. The number of fused-ring (bicyclic) bond motifs is 4. The van der Waals surface area contributed by atoms with Gasteiger partial charge in [-0.15, -0.1) is 9.13 Å². The van der Waals surface area contributed by atoms with Crippen molar-refractivity contribution in [2.24, 2.45) is 0 Å². The van der Waals surface area contributed by atoms with E-state index in [0.717, 1.165) is 84.2 Å². The fraction of sp³-hybridized carbons (Fsp3) is 0.147. The van der Waals surface area contributed by atoms with Crippen LogP contribution in [0.3, 0.4) is 0 Å². The third-order valence-electron chi connectivity index (χ3n) is 25.3. The first-order valence-electron chi connectivity index (χ1n) is 42.4. The Labute approximate surface area is 707 Å². The summed E-state index contributed by atoms with van der Waals surface area (Å²) in [6.45, 7) is 27.4. The monoisotopic (exact) mass is 1550 g/mol. The molecular weight excluding hydrogens is 1450 g/mol. The molecule has 6 heterocycles. The van der Waals surface area contributed by atoms with E-state index >= 15 is 0 Å². The zero-order chi connectivity index (χ0) is 82.1. The molecule has 0 unspecified atom stereocenters. The van der Waals surface area contributed by atoms with E-state index in [1.807, 2.05) is 0 Å². The summed E-state index contributed by atoms with van der Waals surface area (Å²) < 4.78 is 5.17. The second kappa shape index (κ2) is 28.9. The molecule has 20 rings (SSSR count). The van der Waals surface area contributed by atoms with Gasteiger partial charge in [0.15, 0.2) is 12.4 Å². The quantitative estimate of drug-likeness (QED) is 0.107. The molecule has 0 bridgehead atoms. The first-order chi connectivity index (χ1) is 57.9. The lowest BCUT2D eigenvalue weighted by molar-refractivity contribution is -0.955. The summed E-state index contributed by atoms with van der Waals surface area (Å²) in [7, 11) is 0. The van der Waals surface area contributed by atoms with Gasteiger partial charge in [-0.1, -0.05) is 308 Å². The van der Waals surface area contributed by atoms with Crippen LogP contribution in [0.5, 0.6) is 0 Å². The van der Waals surface area contributed by atoms with Gasteiger partial charge in [0, 0.05) is 29.8 Å². The number of hydrogen-bond acceptors (Lipinski definition) is 2. The smallest absolute Gasteiger partial charge is 0.307 e. The Morgan fingerprint density at radius 3 is 0.792 bits per heavy atom. The fourth-order valence-electron chi connectivity index (χ4n) is 18.7. The van der Waals surface area contributed by atoms with Gasteiger partial charge in [0.1, 0.15) is 11.1 Å². The lowest BCUT2D eigenvalue weighted by Gasteiger charge is -2.35. The van der Waals surface area contributed by atoms with Crippen molar-refractivity contribution in [3.63, 3.8) is 0 Å². The topological polar surface area (TPSA) is 23.9 Å². The van der Waals surface area contributed by atoms with Crippen LogP contribution in [0.25, 0.3) is 156 Å². The van der Waals surface area contributed by atoms with Crippen LogP contribution < -0.4 is 14.0 Å². The van der Waals surface area contributed by atoms with Gasteiger partial charge >= 0.3 is 5.66 Å². The van der Waals surface area contributed by atoms with Crippen LogP contribution in [0, 0.1) is 0 Å². The molecule has 3 aromatic heterocycles. The van der Waals surface area contributed by atoms with Gasteiger partial charge in [-0.3, -0.25) is 4.98 Å². The molecule has 0 saturated heterocycles. The van der Waals surface area contributed by atoms with Gasteiger partial charge in [-0.05, 0) is 276 Å². The van der Waals surface area contributed by atoms with E-state index in [-0.39, 0.29) is 21.7 Å². The number of aromatic nitrogens is 3. The number of anilines is 3. The van der Waals surface area contributed by atoms with Gasteiger partial charge in [0.05, 0.1) is 40.1 Å². The first kappa shape index (κ1) is 75.1. The van der Waals surface area contributed by atoms with E-state index in [1.54, 1.807) is 0 Å². The van der Waals surface area contributed by atoms with Gasteiger partial charge in [0.25, 0.3) is 0 Å². The second-order valence-corrected chi connectivity index (χ2v) is 37.3. The fourth-order valence-corrected chi connectivity index (χ4v) is 18.7. The van der Waals surface area contributed by atoms with Crippen molar-refractivity contribution in [3.05, 3.63) is 410 Å². The van der Waals surface area contributed by atoms with Crippen LogP contribution >= 0.6 is 0 Å². The molecule has 0 fully saturated rings. The molecule has 3 aliphatic heterocycles. The van der Waals surface area contributed by atoms with Crippen molar-refractivity contribution in [1.29, 1.82) is 0 Å². The average Bonchev–Trinajstić information content (AvgIpc) is 1.48. The Morgan fingerprint density at radius 1 is 0.225 bits per heavy atom. The summed E-state index contributed by atoms with van der Waals surface area (Å²) in [6.07, 6.45) is 6.85. The Hall–Kier alpha value is -13.7. The van der Waals surface area contributed by atoms with Crippen molar-refractivity contribution in [3.8, 4) is 156 Å². The molecule has 120 heavy (non-hydrogen) atoms. The van der Waals surface area contributed by atoms with E-state index in [4.69, 9.17) is 4.98 Å². The third-order valence-corrected chi connectivity index (χ3v) is 25.3. The lowest BCUT2D eigenvalue weighted by Crippen LogP contribution is -2.72. The van der Waals surface area contributed by atoms with Gasteiger partial charge in [-0.2, -0.15) is 0 Å². The van der Waals surface area contributed by atoms with Gasteiger partial charge in [-0.25, -0.2) is 0 Å². The highest BCUT2D eigenvalue weighted by molar-refractivity contribution is 5.96. The van der Waals surface area contributed by atoms with Gasteiger partial charge in [0.2, 0.25) is 11.4 Å². The molecule has 4 nitrogen and oxygen atoms in total. The summed E-state index contributed by atoms with van der Waals surface area (Å²) in [5.41, 5.74) is 42.8. The highest BCUT2D eigenvalue weighted by Crippen LogP contribution is 2.60. The largest absolute Gasteiger partial charge is 0.421 e. The predicted molar refractivity (Wildman–Crippen MR) is 502 cm³/mol. The minimum Gasteiger partial charge on any atom is -0.307 e. The molecule has 17 aromatic rings. The van der Waals surface area contributed by atoms with Crippen molar-refractivity contribution in [2.45, 2.75) is 110 Å². The van der Waals surface area contributed by atoms with Crippen LogP contribution in [0.1, 0.15) is 116 Å². The first-order valence-corrected chi connectivity index (χ1v) is 42.4. The standard InChI is InChI=1S/C116H98N4/c1-112(2,3)98-46-38-77(39-47-98)91-64-92(78-40-48-99(49-41-78)113(4,5)6)69-95(68-91)83-30-19-28-81(60-83)86-56-58-118-108(72-86)103-34-22-36-106-110(103)116(118)111-104(35-23-37-107(111)120(106)102-54-55-105(117-74-102)88-33-21-32-85(62-88)97-66-89(75-24-15-13-16-25-75)63-90(67-97)76-26-17-14-18-27-76)109-73-87(57-59-119(109)116)82-29-20-31-84(61-82)96-70-93(79-42-50-100(51-43-79)114(7,8)9)65-94(71-96)80-44-52-101(53-45-80)115(10,11)12/h13-74H,1-12H3/q+2. The molecule has 0 saturated carbocycles. The maximum absolute atomic E-state index is 5.45. The van der Waals surface area contributed by atoms with E-state index < -0.39 is 5.66 Å². The van der Waals surface area contributed by atoms with Crippen molar-refractivity contribution < 1.29 is 9.13 Å². The number of nitrogens with zero attached hydrogens (tertiary/aromatic N) is 4. The molecule has 0 amide bonds. The molecule has 14 aromatic carbocycles. The molecule has 0 N–H and O–H groups in total. The third kappa shape index (κ3) is 13.4. The minimum atomic E-state index is -0.814. The molecule has 0 atom stereocenters. The maximum Gasteiger partial charge on any atom is 0.421 e. The van der Waals surface area contributed by atoms with Crippen LogP contribution in [0.15, 0.2) is 377 Å². The van der Waals surface area contributed by atoms with E-state index in [0.29, 0.717) is 0 Å². The van der Waals surface area contributed by atoms with Crippen LogP contribution in [-0.2, 0) is 27.3 Å². The second-order valence-electron chi connectivity index (χ2n) is 37.3. The Morgan fingerprint density at radius 2 is 0.483 bits per heavy atom. The summed E-state index contributed by atoms with van der Waals surface area (Å²) >= 11 is 0. The van der Waals surface area contributed by atoms with Crippen LogP contribution in [0.4, 0.5) is 17.1 Å². The molecule has 1 spiro atoms. The number of rotatable bonds is 13. The highest BCUT2D eigenvalue weighted by Gasteiger charge is 2.71. The summed E-state index contributed by atoms with van der Waals surface area (Å²) in [4.78, 5) is 7.93. The summed E-state index contributed by atoms with van der Waals surface area (Å²) in [5, 5.41) is 0. The molecule has 580 valence electrons. The van der Waals surface area contributed by atoms with Crippen molar-refractivity contribution >= 4 is 17.1 Å². The van der Waals surface area contributed by atoms with Crippen LogP contribution in [0.2, 0.25) is 0 Å². The van der Waals surface area contributed by atoms with E-state index in [1.165, 1.54) is 122 Å². The predicted octanol–water partition coefficient (Wildman–Crippen LogP) is 29.9. The van der Waals surface area contributed by atoms with Crippen LogP contribution in [-0.4, -0.2) is 4.98 Å². The highest BCUT2D eigenvalue weighted by atomic mass is 15.3. The molecule has 3 aliphatic rings. The zero-order valence-electron chi connectivity index (χ0n) is 70.6. The Balaban J connectivity index is 0.717. The maximum atomic E-state index is 5.45. The number of pyridine rings is 3. The molecule has 0 radical (unpaired) electrons. The van der Waals surface area contributed by atoms with Gasteiger partial charge < -0.3 is 4.90 Å². The summed E-state index contributed by atoms with van der Waals surface area (Å²) in [5.74, 6) is 0. The van der Waals surface area contributed by atoms with E-state index in [2.05, 4.69) is 474 Å². The Kier molecular flexibility index (Phi) is 18.1.